The number of rotatable bonds is 5. The molecule has 4 rings (SSSR count). The Kier molecular flexibility index (Phi) is 5.84. The van der Waals surface area contributed by atoms with E-state index in [0.29, 0.717) is 24.2 Å². The SMILES string of the molecule is Cc1nccn1C1CCN(C(=O)CCS(=O)(=O)c2ccc3cc(Cl)ccc3c2)CC1. The fourth-order valence-corrected chi connectivity index (χ4v) is 5.49. The highest BCUT2D eigenvalue weighted by molar-refractivity contribution is 7.91. The summed E-state index contributed by atoms with van der Waals surface area (Å²) in [4.78, 5) is 18.9. The van der Waals surface area contributed by atoms with Gasteiger partial charge in [0.05, 0.1) is 10.6 Å². The summed E-state index contributed by atoms with van der Waals surface area (Å²) in [5, 5.41) is 2.30. The molecule has 8 heteroatoms. The van der Waals surface area contributed by atoms with Crippen LogP contribution in [0.25, 0.3) is 10.8 Å². The molecule has 1 aliphatic rings. The Morgan fingerprint density at radius 2 is 1.83 bits per heavy atom. The zero-order valence-corrected chi connectivity index (χ0v) is 18.4. The van der Waals surface area contributed by atoms with E-state index in [1.807, 2.05) is 13.1 Å². The average Bonchev–Trinajstić information content (AvgIpc) is 3.17. The van der Waals surface area contributed by atoms with Crippen molar-refractivity contribution in [2.75, 3.05) is 18.8 Å². The molecule has 0 radical (unpaired) electrons. The van der Waals surface area contributed by atoms with Gasteiger partial charge in [-0.05, 0) is 54.8 Å². The van der Waals surface area contributed by atoms with Crippen molar-refractivity contribution in [3.63, 3.8) is 0 Å². The predicted octanol–water partition coefficient (Wildman–Crippen LogP) is 4.03. The van der Waals surface area contributed by atoms with Gasteiger partial charge < -0.3 is 9.47 Å². The first-order chi connectivity index (χ1) is 14.3. The van der Waals surface area contributed by atoms with Crippen LogP contribution in [0.3, 0.4) is 0 Å². The number of fused-ring (bicyclic) bond motifs is 1. The third-order valence-electron chi connectivity index (χ3n) is 5.79. The zero-order valence-electron chi connectivity index (χ0n) is 16.8. The molecule has 1 saturated heterocycles. The molecular weight excluding hydrogens is 422 g/mol. The van der Waals surface area contributed by atoms with Crippen LogP contribution in [-0.4, -0.2) is 47.6 Å². The molecule has 0 aliphatic carbocycles. The number of aromatic nitrogens is 2. The Morgan fingerprint density at radius 1 is 1.13 bits per heavy atom. The van der Waals surface area contributed by atoms with Crippen molar-refractivity contribution in [1.29, 1.82) is 0 Å². The first-order valence-electron chi connectivity index (χ1n) is 10.0. The smallest absolute Gasteiger partial charge is 0.223 e. The van der Waals surface area contributed by atoms with Crippen molar-refractivity contribution in [2.24, 2.45) is 0 Å². The van der Waals surface area contributed by atoms with Crippen LogP contribution in [0.4, 0.5) is 0 Å². The molecule has 6 nitrogen and oxygen atoms in total. The minimum atomic E-state index is -3.54. The van der Waals surface area contributed by atoms with Crippen LogP contribution in [0.15, 0.2) is 53.7 Å². The molecule has 1 aliphatic heterocycles. The van der Waals surface area contributed by atoms with Gasteiger partial charge in [-0.25, -0.2) is 13.4 Å². The minimum Gasteiger partial charge on any atom is -0.343 e. The Hall–Kier alpha value is -2.38. The number of imidazole rings is 1. The van der Waals surface area contributed by atoms with Gasteiger partial charge in [0.2, 0.25) is 5.91 Å². The van der Waals surface area contributed by atoms with E-state index in [1.54, 1.807) is 47.5 Å². The Morgan fingerprint density at radius 3 is 2.53 bits per heavy atom. The normalized spacial score (nSPS) is 15.6. The number of sulfone groups is 1. The van der Waals surface area contributed by atoms with Gasteiger partial charge in [-0.1, -0.05) is 23.7 Å². The molecule has 0 bridgehead atoms. The van der Waals surface area contributed by atoms with E-state index in [1.165, 1.54) is 0 Å². The van der Waals surface area contributed by atoms with E-state index in [9.17, 15) is 13.2 Å². The third-order valence-corrected chi connectivity index (χ3v) is 7.74. The number of amides is 1. The second kappa shape index (κ2) is 8.40. The standard InChI is InChI=1S/C22H24ClN3O3S/c1-16-24-9-12-26(16)20-6-10-25(11-7-20)22(27)8-13-30(28,29)21-5-3-17-14-19(23)4-2-18(17)15-21/h2-5,9,12,14-15,20H,6-8,10-11,13H2,1H3. The number of likely N-dealkylation sites (tertiary alicyclic amines) is 1. The first-order valence-corrected chi connectivity index (χ1v) is 12.1. The molecule has 30 heavy (non-hydrogen) atoms. The molecule has 0 saturated carbocycles. The van der Waals surface area contributed by atoms with Crippen molar-refractivity contribution < 1.29 is 13.2 Å². The van der Waals surface area contributed by atoms with E-state index in [-0.39, 0.29) is 23.0 Å². The van der Waals surface area contributed by atoms with Crippen LogP contribution in [0.5, 0.6) is 0 Å². The lowest BCUT2D eigenvalue weighted by atomic mass is 10.0. The van der Waals surface area contributed by atoms with Gasteiger partial charge in [-0.3, -0.25) is 4.79 Å². The van der Waals surface area contributed by atoms with Crippen molar-refractivity contribution in [1.82, 2.24) is 14.5 Å². The average molecular weight is 446 g/mol. The van der Waals surface area contributed by atoms with Crippen LogP contribution in [0.2, 0.25) is 5.02 Å². The quantitative estimate of drug-likeness (QED) is 0.594. The van der Waals surface area contributed by atoms with Crippen LogP contribution in [0.1, 0.15) is 31.1 Å². The maximum Gasteiger partial charge on any atom is 0.223 e. The van der Waals surface area contributed by atoms with Crippen molar-refractivity contribution in [3.8, 4) is 0 Å². The predicted molar refractivity (Wildman–Crippen MR) is 117 cm³/mol. The van der Waals surface area contributed by atoms with Crippen molar-refractivity contribution >= 4 is 38.1 Å². The molecule has 0 spiro atoms. The molecule has 158 valence electrons. The molecule has 1 aromatic heterocycles. The number of hydrogen-bond acceptors (Lipinski definition) is 4. The van der Waals surface area contributed by atoms with Crippen LogP contribution < -0.4 is 0 Å². The van der Waals surface area contributed by atoms with E-state index in [2.05, 4.69) is 9.55 Å². The molecule has 2 heterocycles. The molecule has 0 atom stereocenters. The van der Waals surface area contributed by atoms with E-state index >= 15 is 0 Å². The number of hydrogen-bond donors (Lipinski definition) is 0. The molecule has 2 aromatic carbocycles. The Balaban J connectivity index is 1.36. The zero-order chi connectivity index (χ0) is 21.3. The molecule has 0 unspecified atom stereocenters. The lowest BCUT2D eigenvalue weighted by Crippen LogP contribution is -2.39. The van der Waals surface area contributed by atoms with E-state index in [0.717, 1.165) is 29.4 Å². The van der Waals surface area contributed by atoms with Crippen LogP contribution >= 0.6 is 11.6 Å². The first kappa shape index (κ1) is 20.9. The molecule has 1 amide bonds. The van der Waals surface area contributed by atoms with Crippen LogP contribution in [0, 0.1) is 6.92 Å². The highest BCUT2D eigenvalue weighted by Crippen LogP contribution is 2.25. The molecular formula is C22H24ClN3O3S. The van der Waals surface area contributed by atoms with Gasteiger partial charge in [0.1, 0.15) is 5.82 Å². The topological polar surface area (TPSA) is 72.3 Å². The van der Waals surface area contributed by atoms with Crippen molar-refractivity contribution in [3.05, 3.63) is 59.6 Å². The second-order valence-corrected chi connectivity index (χ2v) is 10.3. The van der Waals surface area contributed by atoms with E-state index < -0.39 is 9.84 Å². The van der Waals surface area contributed by atoms with Crippen molar-refractivity contribution in [2.45, 2.75) is 37.1 Å². The molecule has 0 N–H and O–H groups in total. The summed E-state index contributed by atoms with van der Waals surface area (Å²) in [6.07, 6.45) is 5.46. The fraction of sp³-hybridized carbons (Fsp3) is 0.364. The largest absolute Gasteiger partial charge is 0.343 e. The summed E-state index contributed by atoms with van der Waals surface area (Å²) in [5.74, 6) is 0.682. The molecule has 1 fully saturated rings. The number of carbonyl (C=O) groups is 1. The number of carbonyl (C=O) groups excluding carboxylic acids is 1. The summed E-state index contributed by atoms with van der Waals surface area (Å²) in [7, 11) is -3.54. The Bertz CT molecular complexity index is 1180. The maximum absolute atomic E-state index is 12.8. The Labute approximate surface area is 181 Å². The van der Waals surface area contributed by atoms with E-state index in [4.69, 9.17) is 11.6 Å². The van der Waals surface area contributed by atoms with Crippen LogP contribution in [-0.2, 0) is 14.6 Å². The summed E-state index contributed by atoms with van der Waals surface area (Å²) in [6.45, 7) is 3.25. The van der Waals surface area contributed by atoms with Gasteiger partial charge >= 0.3 is 0 Å². The lowest BCUT2D eigenvalue weighted by Gasteiger charge is -2.33. The summed E-state index contributed by atoms with van der Waals surface area (Å²) in [6, 6.07) is 10.6. The van der Waals surface area contributed by atoms with Gasteiger partial charge in [0.15, 0.2) is 9.84 Å². The molecule has 3 aromatic rings. The number of piperidine rings is 1. The minimum absolute atomic E-state index is 0.00421. The monoisotopic (exact) mass is 445 g/mol. The summed E-state index contributed by atoms with van der Waals surface area (Å²) in [5.41, 5.74) is 0. The fourth-order valence-electron chi connectivity index (χ4n) is 4.05. The van der Waals surface area contributed by atoms with Gasteiger partial charge in [-0.15, -0.1) is 0 Å². The lowest BCUT2D eigenvalue weighted by molar-refractivity contribution is -0.132. The number of benzene rings is 2. The highest BCUT2D eigenvalue weighted by Gasteiger charge is 2.26. The summed E-state index contributed by atoms with van der Waals surface area (Å²) < 4.78 is 27.7. The third kappa shape index (κ3) is 4.37. The van der Waals surface area contributed by atoms with Gasteiger partial charge in [-0.2, -0.15) is 0 Å². The highest BCUT2D eigenvalue weighted by atomic mass is 35.5. The van der Waals surface area contributed by atoms with Gasteiger partial charge in [0, 0.05) is 43.0 Å². The number of aryl methyl sites for hydroxylation is 1. The van der Waals surface area contributed by atoms with Gasteiger partial charge in [0.25, 0.3) is 0 Å². The number of halogens is 1. The summed E-state index contributed by atoms with van der Waals surface area (Å²) >= 11 is 5.99. The second-order valence-electron chi connectivity index (χ2n) is 7.72. The number of nitrogens with zero attached hydrogens (tertiary/aromatic N) is 3. The maximum atomic E-state index is 12.8.